The van der Waals surface area contributed by atoms with Gasteiger partial charge in [-0.3, -0.25) is 9.59 Å². The number of nitrogens with one attached hydrogen (secondary N) is 1. The number of aliphatic carboxylic acids is 2. The van der Waals surface area contributed by atoms with Crippen molar-refractivity contribution in [1.29, 1.82) is 0 Å². The third-order valence-electron chi connectivity index (χ3n) is 2.02. The number of rotatable bonds is 2. The minimum absolute atomic E-state index is 0.301. The quantitative estimate of drug-likeness (QED) is 0.483. The molecule has 1 aliphatic rings. The van der Waals surface area contributed by atoms with Crippen molar-refractivity contribution >= 4 is 17.8 Å². The van der Waals surface area contributed by atoms with E-state index in [0.717, 1.165) is 0 Å². The van der Waals surface area contributed by atoms with Gasteiger partial charge in [0.25, 0.3) is 0 Å². The first-order chi connectivity index (χ1) is 6.00. The molecule has 0 aromatic rings. The molecule has 3 N–H and O–H groups in total. The number of carbonyl (C=O) groups excluding carboxylic acids is 1. The standard InChI is InChI=1S/C7H9NO5/c9-5(7(12)13)8-4-1-3(2-4)6(10)11/h3-4H,1-2H2,(H,8,9)(H,10,11)(H,12,13). The molecule has 0 atom stereocenters. The van der Waals surface area contributed by atoms with Crippen LogP contribution in [0.2, 0.25) is 0 Å². The van der Waals surface area contributed by atoms with Crippen LogP contribution >= 0.6 is 0 Å². The summed E-state index contributed by atoms with van der Waals surface area (Å²) in [6.07, 6.45) is 0.628. The molecule has 1 aliphatic carbocycles. The van der Waals surface area contributed by atoms with Gasteiger partial charge >= 0.3 is 17.8 Å². The summed E-state index contributed by atoms with van der Waals surface area (Å²) in [6, 6.07) is -0.301. The highest BCUT2D eigenvalue weighted by Gasteiger charge is 2.36. The van der Waals surface area contributed by atoms with E-state index >= 15 is 0 Å². The SMILES string of the molecule is O=C(O)C(=O)NC1CC(C(=O)O)C1. The summed E-state index contributed by atoms with van der Waals surface area (Å²) in [5.41, 5.74) is 0. The van der Waals surface area contributed by atoms with Gasteiger partial charge in [-0.15, -0.1) is 0 Å². The number of hydrogen-bond donors (Lipinski definition) is 3. The van der Waals surface area contributed by atoms with Crippen LogP contribution in [0.3, 0.4) is 0 Å². The molecule has 0 heterocycles. The van der Waals surface area contributed by atoms with Crippen LogP contribution in [0, 0.1) is 5.92 Å². The summed E-state index contributed by atoms with van der Waals surface area (Å²) in [5, 5.41) is 18.9. The Hall–Kier alpha value is -1.59. The molecule has 72 valence electrons. The second kappa shape index (κ2) is 3.42. The molecular weight excluding hydrogens is 178 g/mol. The van der Waals surface area contributed by atoms with Gasteiger partial charge in [-0.25, -0.2) is 4.79 Å². The smallest absolute Gasteiger partial charge is 0.394 e. The van der Waals surface area contributed by atoms with Crippen molar-refractivity contribution in [3.05, 3.63) is 0 Å². The van der Waals surface area contributed by atoms with E-state index in [9.17, 15) is 14.4 Å². The zero-order valence-electron chi connectivity index (χ0n) is 6.69. The van der Waals surface area contributed by atoms with Gasteiger partial charge < -0.3 is 15.5 Å². The van der Waals surface area contributed by atoms with Crippen molar-refractivity contribution in [2.75, 3.05) is 0 Å². The lowest BCUT2D eigenvalue weighted by Gasteiger charge is -2.32. The summed E-state index contributed by atoms with van der Waals surface area (Å²) in [5.74, 6) is -3.97. The average Bonchev–Trinajstić information content (AvgIpc) is 1.94. The minimum Gasteiger partial charge on any atom is -0.481 e. The Labute approximate surface area is 73.5 Å². The largest absolute Gasteiger partial charge is 0.481 e. The van der Waals surface area contributed by atoms with Crippen LogP contribution in [0.15, 0.2) is 0 Å². The first-order valence-corrected chi connectivity index (χ1v) is 3.77. The zero-order valence-corrected chi connectivity index (χ0v) is 6.69. The molecule has 0 radical (unpaired) electrons. The third kappa shape index (κ3) is 2.17. The number of amides is 1. The van der Waals surface area contributed by atoms with Crippen LogP contribution in [-0.4, -0.2) is 34.1 Å². The number of hydrogen-bond acceptors (Lipinski definition) is 3. The van der Waals surface area contributed by atoms with E-state index in [0.29, 0.717) is 12.8 Å². The molecule has 0 aromatic carbocycles. The van der Waals surface area contributed by atoms with E-state index < -0.39 is 23.8 Å². The normalized spacial score (nSPS) is 25.8. The van der Waals surface area contributed by atoms with Gasteiger partial charge in [0, 0.05) is 6.04 Å². The maximum absolute atomic E-state index is 10.6. The third-order valence-corrected chi connectivity index (χ3v) is 2.02. The average molecular weight is 187 g/mol. The molecule has 6 heteroatoms. The fourth-order valence-corrected chi connectivity index (χ4v) is 1.18. The van der Waals surface area contributed by atoms with Gasteiger partial charge in [0.1, 0.15) is 0 Å². The molecule has 0 aromatic heterocycles. The van der Waals surface area contributed by atoms with Gasteiger partial charge in [-0.1, -0.05) is 0 Å². The summed E-state index contributed by atoms with van der Waals surface area (Å²) in [6.45, 7) is 0. The fraction of sp³-hybridized carbons (Fsp3) is 0.571. The van der Waals surface area contributed by atoms with Crippen molar-refractivity contribution in [3.8, 4) is 0 Å². The topological polar surface area (TPSA) is 104 Å². The Bertz CT molecular complexity index is 256. The highest BCUT2D eigenvalue weighted by atomic mass is 16.4. The van der Waals surface area contributed by atoms with E-state index in [4.69, 9.17) is 10.2 Å². The lowest BCUT2D eigenvalue weighted by molar-refractivity contribution is -0.152. The van der Waals surface area contributed by atoms with Crippen molar-refractivity contribution in [3.63, 3.8) is 0 Å². The fourth-order valence-electron chi connectivity index (χ4n) is 1.18. The van der Waals surface area contributed by atoms with Crippen LogP contribution < -0.4 is 5.32 Å². The van der Waals surface area contributed by atoms with Crippen LogP contribution in [0.5, 0.6) is 0 Å². The molecule has 0 saturated heterocycles. The van der Waals surface area contributed by atoms with E-state index in [1.54, 1.807) is 0 Å². The predicted octanol–water partition coefficient (Wildman–Crippen LogP) is -0.950. The first-order valence-electron chi connectivity index (χ1n) is 3.77. The summed E-state index contributed by atoms with van der Waals surface area (Å²) in [4.78, 5) is 30.9. The van der Waals surface area contributed by atoms with Crippen molar-refractivity contribution < 1.29 is 24.6 Å². The lowest BCUT2D eigenvalue weighted by atomic mass is 9.80. The summed E-state index contributed by atoms with van der Waals surface area (Å²) in [7, 11) is 0. The van der Waals surface area contributed by atoms with Gasteiger partial charge in [0.05, 0.1) is 5.92 Å². The molecule has 0 bridgehead atoms. The Balaban J connectivity index is 2.26. The Morgan fingerprint density at radius 2 is 1.69 bits per heavy atom. The Morgan fingerprint density at radius 1 is 1.15 bits per heavy atom. The highest BCUT2D eigenvalue weighted by Crippen LogP contribution is 2.27. The van der Waals surface area contributed by atoms with Gasteiger partial charge in [0.2, 0.25) is 0 Å². The van der Waals surface area contributed by atoms with Gasteiger partial charge in [0.15, 0.2) is 0 Å². The maximum Gasteiger partial charge on any atom is 0.394 e. The Morgan fingerprint density at radius 3 is 2.08 bits per heavy atom. The number of carboxylic acids is 2. The minimum atomic E-state index is -1.54. The van der Waals surface area contributed by atoms with Crippen LogP contribution in [-0.2, 0) is 14.4 Å². The van der Waals surface area contributed by atoms with E-state index in [2.05, 4.69) is 5.32 Å². The molecule has 1 fully saturated rings. The molecule has 0 unspecified atom stereocenters. The van der Waals surface area contributed by atoms with Gasteiger partial charge in [-0.05, 0) is 12.8 Å². The molecular formula is C7H9NO5. The number of carbonyl (C=O) groups is 3. The molecule has 0 spiro atoms. The molecule has 13 heavy (non-hydrogen) atoms. The number of carboxylic acid groups (broad SMARTS) is 2. The molecule has 0 aliphatic heterocycles. The second-order valence-corrected chi connectivity index (χ2v) is 2.98. The molecule has 1 amide bonds. The van der Waals surface area contributed by atoms with E-state index in [1.165, 1.54) is 0 Å². The van der Waals surface area contributed by atoms with Crippen LogP contribution in [0.25, 0.3) is 0 Å². The summed E-state index contributed by atoms with van der Waals surface area (Å²) < 4.78 is 0. The second-order valence-electron chi connectivity index (χ2n) is 2.98. The van der Waals surface area contributed by atoms with Crippen molar-refractivity contribution in [2.24, 2.45) is 5.92 Å². The lowest BCUT2D eigenvalue weighted by Crippen LogP contribution is -2.48. The maximum atomic E-state index is 10.6. The van der Waals surface area contributed by atoms with Crippen molar-refractivity contribution in [2.45, 2.75) is 18.9 Å². The van der Waals surface area contributed by atoms with Crippen LogP contribution in [0.4, 0.5) is 0 Å². The Kier molecular flexibility index (Phi) is 2.50. The van der Waals surface area contributed by atoms with E-state index in [1.807, 2.05) is 0 Å². The molecule has 1 saturated carbocycles. The van der Waals surface area contributed by atoms with Crippen LogP contribution in [0.1, 0.15) is 12.8 Å². The highest BCUT2D eigenvalue weighted by molar-refractivity contribution is 6.31. The molecule has 1 rings (SSSR count). The van der Waals surface area contributed by atoms with Crippen molar-refractivity contribution in [1.82, 2.24) is 5.32 Å². The summed E-state index contributed by atoms with van der Waals surface area (Å²) >= 11 is 0. The monoisotopic (exact) mass is 187 g/mol. The first kappa shape index (κ1) is 9.50. The molecule has 6 nitrogen and oxygen atoms in total. The van der Waals surface area contributed by atoms with E-state index in [-0.39, 0.29) is 6.04 Å². The predicted molar refractivity (Wildman–Crippen MR) is 39.9 cm³/mol. The van der Waals surface area contributed by atoms with Gasteiger partial charge in [-0.2, -0.15) is 0 Å². The zero-order chi connectivity index (χ0) is 10.0.